The molecule has 1 saturated carbocycles. The van der Waals surface area contributed by atoms with Gasteiger partial charge >= 0.3 is 0 Å². The molecule has 0 amide bonds. The molecule has 6 rings (SSSR count). The Bertz CT molecular complexity index is 1420. The van der Waals surface area contributed by atoms with E-state index in [4.69, 9.17) is 26.1 Å². The van der Waals surface area contributed by atoms with Gasteiger partial charge in [0.25, 0.3) is 0 Å². The minimum Gasteiger partial charge on any atom is -0.492 e. The summed E-state index contributed by atoms with van der Waals surface area (Å²) in [6.45, 7) is 5.66. The molecular formula is C29H32ClN5O3. The fraction of sp³-hybridized carbons (Fsp3) is 0.414. The summed E-state index contributed by atoms with van der Waals surface area (Å²) in [6.07, 6.45) is 5.19. The van der Waals surface area contributed by atoms with Gasteiger partial charge in [-0.2, -0.15) is 4.98 Å². The molecule has 3 heterocycles. The van der Waals surface area contributed by atoms with E-state index in [1.54, 1.807) is 0 Å². The molecule has 2 fully saturated rings. The third kappa shape index (κ3) is 5.48. The van der Waals surface area contributed by atoms with Crippen molar-refractivity contribution in [3.05, 3.63) is 65.4 Å². The van der Waals surface area contributed by atoms with Crippen LogP contribution >= 0.6 is 11.6 Å². The van der Waals surface area contributed by atoms with Crippen LogP contribution in [0.25, 0.3) is 22.6 Å². The molecule has 0 bridgehead atoms. The first-order valence-electron chi connectivity index (χ1n) is 13.2. The number of nitrogens with zero attached hydrogens (tertiary/aromatic N) is 5. The molecule has 38 heavy (non-hydrogen) atoms. The van der Waals surface area contributed by atoms with E-state index in [0.29, 0.717) is 53.3 Å². The number of β-amino-alcohol motifs (C(OH)–C–C–N with tert-alkyl or cyclic N) is 1. The summed E-state index contributed by atoms with van der Waals surface area (Å²) < 4.78 is 14.3. The second-order valence-corrected chi connectivity index (χ2v) is 10.9. The minimum atomic E-state index is -0.240. The van der Waals surface area contributed by atoms with Gasteiger partial charge in [-0.3, -0.25) is 4.90 Å². The number of aliphatic hydroxyl groups is 1. The van der Waals surface area contributed by atoms with E-state index in [2.05, 4.69) is 38.5 Å². The highest BCUT2D eigenvalue weighted by atomic mass is 35.5. The Kier molecular flexibility index (Phi) is 6.95. The highest BCUT2D eigenvalue weighted by molar-refractivity contribution is 6.33. The highest BCUT2D eigenvalue weighted by Gasteiger charge is 2.41. The summed E-state index contributed by atoms with van der Waals surface area (Å²) in [7, 11) is 0. The number of fused-ring (bicyclic) bond motifs is 1. The van der Waals surface area contributed by atoms with Crippen LogP contribution in [0.4, 0.5) is 0 Å². The molecule has 198 valence electrons. The van der Waals surface area contributed by atoms with Gasteiger partial charge in [0.1, 0.15) is 30.1 Å². The lowest BCUT2D eigenvalue weighted by molar-refractivity contribution is 0.0633. The first-order valence-corrected chi connectivity index (χ1v) is 13.6. The van der Waals surface area contributed by atoms with Crippen molar-refractivity contribution < 1.29 is 14.6 Å². The number of rotatable bonds is 9. The molecule has 2 aliphatic rings. The number of aliphatic hydroxyl groups excluding tert-OH is 1. The van der Waals surface area contributed by atoms with Gasteiger partial charge in [0.15, 0.2) is 11.2 Å². The van der Waals surface area contributed by atoms with Crippen molar-refractivity contribution in [1.82, 2.24) is 24.4 Å². The van der Waals surface area contributed by atoms with Crippen LogP contribution in [0.5, 0.6) is 11.6 Å². The smallest absolute Gasteiger partial charge is 0.245 e. The Labute approximate surface area is 227 Å². The number of imidazole rings is 1. The summed E-state index contributed by atoms with van der Waals surface area (Å²) in [5, 5.41) is 10.4. The Balaban J connectivity index is 1.29. The van der Waals surface area contributed by atoms with Crippen LogP contribution in [0.1, 0.15) is 38.2 Å². The van der Waals surface area contributed by atoms with Crippen LogP contribution in [0.3, 0.4) is 0 Å². The van der Waals surface area contributed by atoms with Crippen LogP contribution < -0.4 is 9.47 Å². The van der Waals surface area contributed by atoms with Gasteiger partial charge < -0.3 is 19.1 Å². The van der Waals surface area contributed by atoms with Crippen molar-refractivity contribution in [3.8, 4) is 23.0 Å². The number of likely N-dealkylation sites (tertiary alicyclic amines) is 1. The number of hydrogen-bond donors (Lipinski definition) is 1. The zero-order valence-corrected chi connectivity index (χ0v) is 22.3. The molecule has 1 aliphatic heterocycles. The first kappa shape index (κ1) is 25.1. The number of aromatic nitrogens is 4. The zero-order valence-electron chi connectivity index (χ0n) is 21.5. The molecule has 1 atom stereocenters. The first-order chi connectivity index (χ1) is 18.5. The average molecular weight is 534 g/mol. The second-order valence-electron chi connectivity index (χ2n) is 10.5. The van der Waals surface area contributed by atoms with Gasteiger partial charge in [0.05, 0.1) is 17.7 Å². The van der Waals surface area contributed by atoms with Crippen molar-refractivity contribution in [3.63, 3.8) is 0 Å². The van der Waals surface area contributed by atoms with Gasteiger partial charge in [0, 0.05) is 18.7 Å². The monoisotopic (exact) mass is 533 g/mol. The molecule has 9 heteroatoms. The molecule has 2 aromatic heterocycles. The predicted octanol–water partition coefficient (Wildman–Crippen LogP) is 4.96. The molecule has 8 nitrogen and oxygen atoms in total. The molecule has 1 aliphatic carbocycles. The van der Waals surface area contributed by atoms with Crippen molar-refractivity contribution >= 4 is 22.8 Å². The highest BCUT2D eigenvalue weighted by Crippen LogP contribution is 2.41. The lowest BCUT2D eigenvalue weighted by Gasteiger charge is -2.29. The summed E-state index contributed by atoms with van der Waals surface area (Å²) in [4.78, 5) is 16.2. The van der Waals surface area contributed by atoms with Crippen LogP contribution in [0.15, 0.2) is 54.9 Å². The normalized spacial score (nSPS) is 19.0. The van der Waals surface area contributed by atoms with Gasteiger partial charge in [-0.05, 0) is 62.9 Å². The quantitative estimate of drug-likeness (QED) is 0.325. The second kappa shape index (κ2) is 10.5. The fourth-order valence-corrected chi connectivity index (χ4v) is 5.17. The average Bonchev–Trinajstić information content (AvgIpc) is 3.53. The van der Waals surface area contributed by atoms with Gasteiger partial charge in [0.2, 0.25) is 5.88 Å². The van der Waals surface area contributed by atoms with E-state index in [-0.39, 0.29) is 11.7 Å². The summed E-state index contributed by atoms with van der Waals surface area (Å²) in [5.74, 6) is 1.91. The van der Waals surface area contributed by atoms with E-state index in [9.17, 15) is 5.11 Å². The maximum absolute atomic E-state index is 9.89. The lowest BCUT2D eigenvalue weighted by Crippen LogP contribution is -2.40. The Morgan fingerprint density at radius 3 is 2.74 bits per heavy atom. The topological polar surface area (TPSA) is 85.5 Å². The number of piperidine rings is 1. The van der Waals surface area contributed by atoms with E-state index >= 15 is 0 Å². The van der Waals surface area contributed by atoms with Crippen LogP contribution in [0, 0.1) is 0 Å². The van der Waals surface area contributed by atoms with E-state index in [0.717, 1.165) is 49.9 Å². The molecule has 1 N–H and O–H groups in total. The van der Waals surface area contributed by atoms with E-state index in [1.165, 1.54) is 6.33 Å². The number of benzene rings is 2. The zero-order chi connectivity index (χ0) is 26.1. The molecule has 0 unspecified atom stereocenters. The predicted molar refractivity (Wildman–Crippen MR) is 147 cm³/mol. The van der Waals surface area contributed by atoms with Gasteiger partial charge in [-0.25, -0.2) is 9.97 Å². The van der Waals surface area contributed by atoms with Crippen LogP contribution in [-0.4, -0.2) is 67.5 Å². The molecule has 2 aromatic carbocycles. The third-order valence-electron chi connectivity index (χ3n) is 7.32. The Morgan fingerprint density at radius 1 is 1.13 bits per heavy atom. The van der Waals surface area contributed by atoms with Crippen molar-refractivity contribution in [1.29, 1.82) is 0 Å². The SMILES string of the molecule is CC1(Oc2ncnc3c2nc(-c2ccc(OCCN4CCC[C@@H](O)C4)cc2Cl)n3Cc2ccccc2)CC1. The maximum Gasteiger partial charge on any atom is 0.245 e. The van der Waals surface area contributed by atoms with Gasteiger partial charge in [-0.1, -0.05) is 41.9 Å². The van der Waals surface area contributed by atoms with Crippen LogP contribution in [0.2, 0.25) is 5.02 Å². The Morgan fingerprint density at radius 2 is 1.97 bits per heavy atom. The van der Waals surface area contributed by atoms with Crippen molar-refractivity contribution in [2.24, 2.45) is 0 Å². The largest absolute Gasteiger partial charge is 0.492 e. The number of hydrogen-bond acceptors (Lipinski definition) is 7. The Hall–Kier alpha value is -3.20. The molecular weight excluding hydrogens is 502 g/mol. The molecule has 4 aromatic rings. The molecule has 1 saturated heterocycles. The molecule has 0 radical (unpaired) electrons. The van der Waals surface area contributed by atoms with Crippen molar-refractivity contribution in [2.45, 2.75) is 50.9 Å². The van der Waals surface area contributed by atoms with E-state index < -0.39 is 0 Å². The third-order valence-corrected chi connectivity index (χ3v) is 7.63. The fourth-order valence-electron chi connectivity index (χ4n) is 4.92. The summed E-state index contributed by atoms with van der Waals surface area (Å²) in [6, 6.07) is 15.9. The van der Waals surface area contributed by atoms with E-state index in [1.807, 2.05) is 36.4 Å². The number of halogens is 1. The standard InChI is InChI=1S/C29H32ClN5O3/c1-29(11-12-29)38-28-25-27(31-19-32-28)35(17-20-6-3-2-4-7-20)26(33-25)23-10-9-22(16-24(23)30)37-15-14-34-13-5-8-21(36)18-34/h2-4,6-7,9-10,16,19,21,36H,5,8,11-15,17-18H2,1H3/t21-/m1/s1. The molecule has 0 spiro atoms. The number of ether oxygens (including phenoxy) is 2. The van der Waals surface area contributed by atoms with Crippen LogP contribution in [-0.2, 0) is 6.54 Å². The minimum absolute atomic E-state index is 0.187. The summed E-state index contributed by atoms with van der Waals surface area (Å²) >= 11 is 6.83. The lowest BCUT2D eigenvalue weighted by atomic mass is 10.1. The summed E-state index contributed by atoms with van der Waals surface area (Å²) in [5.41, 5.74) is 3.07. The van der Waals surface area contributed by atoms with Crippen molar-refractivity contribution in [2.75, 3.05) is 26.2 Å². The maximum atomic E-state index is 9.89. The van der Waals surface area contributed by atoms with Gasteiger partial charge in [-0.15, -0.1) is 0 Å².